The van der Waals surface area contributed by atoms with Crippen molar-refractivity contribution in [2.45, 2.75) is 45.3 Å². The van der Waals surface area contributed by atoms with Gasteiger partial charge in [0.1, 0.15) is 0 Å². The lowest BCUT2D eigenvalue weighted by atomic mass is 9.82. The van der Waals surface area contributed by atoms with Crippen LogP contribution in [0.4, 0.5) is 0 Å². The molecular weight excluding hydrogens is 232 g/mol. The van der Waals surface area contributed by atoms with E-state index in [-0.39, 0.29) is 0 Å². The third-order valence-electron chi connectivity index (χ3n) is 3.22. The Balaban J connectivity index is 1.68. The topological polar surface area (TPSA) is 34.1 Å². The normalized spacial score (nSPS) is 24.0. The number of nitrogens with one attached hydrogen (secondary N) is 1. The Morgan fingerprint density at radius 2 is 2.29 bits per heavy atom. The number of hydrogen-bond donors (Lipinski definition) is 1. The predicted molar refractivity (Wildman–Crippen MR) is 71.4 cm³/mol. The van der Waals surface area contributed by atoms with E-state index in [0.29, 0.717) is 18.6 Å². The highest BCUT2D eigenvalue weighted by molar-refractivity contribution is 7.09. The minimum Gasteiger partial charge on any atom is -0.372 e. The van der Waals surface area contributed by atoms with Gasteiger partial charge < -0.3 is 10.1 Å². The average molecular weight is 254 g/mol. The van der Waals surface area contributed by atoms with Crippen molar-refractivity contribution in [2.75, 3.05) is 13.6 Å². The molecule has 1 aliphatic carbocycles. The van der Waals surface area contributed by atoms with Gasteiger partial charge in [-0.3, -0.25) is 0 Å². The lowest BCUT2D eigenvalue weighted by Crippen LogP contribution is -2.36. The van der Waals surface area contributed by atoms with Crippen LogP contribution in [-0.4, -0.2) is 24.7 Å². The second kappa shape index (κ2) is 5.94. The first-order chi connectivity index (χ1) is 8.19. The summed E-state index contributed by atoms with van der Waals surface area (Å²) in [7, 11) is 2.01. The number of thiazole rings is 1. The van der Waals surface area contributed by atoms with Crippen LogP contribution >= 0.6 is 11.3 Å². The molecule has 1 N–H and O–H groups in total. The number of hydrogen-bond acceptors (Lipinski definition) is 4. The van der Waals surface area contributed by atoms with E-state index < -0.39 is 0 Å². The van der Waals surface area contributed by atoms with E-state index in [4.69, 9.17) is 4.74 Å². The predicted octanol–water partition coefficient (Wildman–Crippen LogP) is 2.78. The summed E-state index contributed by atoms with van der Waals surface area (Å²) in [5.74, 6) is 1.34. The van der Waals surface area contributed by atoms with E-state index in [1.807, 2.05) is 7.05 Å². The maximum atomic E-state index is 5.85. The van der Waals surface area contributed by atoms with Crippen LogP contribution in [0.25, 0.3) is 0 Å². The molecule has 0 saturated heterocycles. The summed E-state index contributed by atoms with van der Waals surface area (Å²) in [6.07, 6.45) is 2.85. The van der Waals surface area contributed by atoms with Crippen molar-refractivity contribution in [3.8, 4) is 0 Å². The van der Waals surface area contributed by atoms with Crippen LogP contribution in [0.3, 0.4) is 0 Å². The van der Waals surface area contributed by atoms with Gasteiger partial charge in [-0.05, 0) is 32.4 Å². The number of rotatable bonds is 6. The van der Waals surface area contributed by atoms with Crippen molar-refractivity contribution in [3.05, 3.63) is 16.1 Å². The van der Waals surface area contributed by atoms with E-state index in [0.717, 1.165) is 18.2 Å². The highest BCUT2D eigenvalue weighted by Gasteiger charge is 2.29. The Morgan fingerprint density at radius 3 is 2.88 bits per heavy atom. The SMILES string of the molecule is CNCC1CC(OCc2csc(C(C)C)n2)C1. The first-order valence-corrected chi connectivity index (χ1v) is 7.27. The lowest BCUT2D eigenvalue weighted by molar-refractivity contribution is -0.0401. The summed E-state index contributed by atoms with van der Waals surface area (Å²) < 4.78 is 5.85. The van der Waals surface area contributed by atoms with Crippen LogP contribution in [0.5, 0.6) is 0 Å². The summed E-state index contributed by atoms with van der Waals surface area (Å²) >= 11 is 1.74. The summed E-state index contributed by atoms with van der Waals surface area (Å²) in [4.78, 5) is 4.58. The Hall–Kier alpha value is -0.450. The van der Waals surface area contributed by atoms with Crippen LogP contribution in [0, 0.1) is 5.92 Å². The molecule has 0 aromatic carbocycles. The quantitative estimate of drug-likeness (QED) is 0.847. The van der Waals surface area contributed by atoms with Gasteiger partial charge in [-0.2, -0.15) is 0 Å². The standard InChI is InChI=1S/C13H22N2OS/c1-9(2)13-15-11(8-17-13)7-16-12-4-10(5-12)6-14-3/h8-10,12,14H,4-7H2,1-3H3. The third kappa shape index (κ3) is 3.50. The van der Waals surface area contributed by atoms with E-state index in [1.165, 1.54) is 17.8 Å². The van der Waals surface area contributed by atoms with E-state index in [9.17, 15) is 0 Å². The van der Waals surface area contributed by atoms with Crippen LogP contribution in [-0.2, 0) is 11.3 Å². The summed E-state index contributed by atoms with van der Waals surface area (Å²) in [6, 6.07) is 0. The van der Waals surface area contributed by atoms with Gasteiger partial charge in [0, 0.05) is 11.3 Å². The second-order valence-electron chi connectivity index (χ2n) is 5.16. The Bertz CT molecular complexity index is 345. The molecular formula is C13H22N2OS. The molecule has 96 valence electrons. The molecule has 3 nitrogen and oxygen atoms in total. The van der Waals surface area contributed by atoms with E-state index >= 15 is 0 Å². The van der Waals surface area contributed by atoms with E-state index in [1.54, 1.807) is 11.3 Å². The van der Waals surface area contributed by atoms with Gasteiger partial charge in [0.25, 0.3) is 0 Å². The minimum atomic E-state index is 0.456. The number of ether oxygens (including phenoxy) is 1. The van der Waals surface area contributed by atoms with Gasteiger partial charge in [-0.15, -0.1) is 11.3 Å². The van der Waals surface area contributed by atoms with Crippen LogP contribution in [0.1, 0.15) is 43.3 Å². The summed E-state index contributed by atoms with van der Waals surface area (Å²) in [6.45, 7) is 6.16. The van der Waals surface area contributed by atoms with Gasteiger partial charge in [0.15, 0.2) is 0 Å². The lowest BCUT2D eigenvalue weighted by Gasteiger charge is -2.34. The monoisotopic (exact) mass is 254 g/mol. The first kappa shape index (κ1) is 13.0. The molecule has 4 heteroatoms. The van der Waals surface area contributed by atoms with E-state index in [2.05, 4.69) is 29.5 Å². The van der Waals surface area contributed by atoms with Crippen LogP contribution in [0.15, 0.2) is 5.38 Å². The molecule has 0 amide bonds. The van der Waals surface area contributed by atoms with Gasteiger partial charge in [0.2, 0.25) is 0 Å². The molecule has 1 aromatic heterocycles. The second-order valence-corrected chi connectivity index (χ2v) is 6.05. The number of aromatic nitrogens is 1. The van der Waals surface area contributed by atoms with Crippen LogP contribution < -0.4 is 5.32 Å². The molecule has 0 bridgehead atoms. The van der Waals surface area contributed by atoms with Gasteiger partial charge in [0.05, 0.1) is 23.4 Å². The number of nitrogens with zero attached hydrogens (tertiary/aromatic N) is 1. The Morgan fingerprint density at radius 1 is 1.53 bits per heavy atom. The molecule has 1 aliphatic rings. The smallest absolute Gasteiger partial charge is 0.0954 e. The Labute approximate surface area is 108 Å². The van der Waals surface area contributed by atoms with Crippen molar-refractivity contribution in [1.29, 1.82) is 0 Å². The van der Waals surface area contributed by atoms with Crippen molar-refractivity contribution in [1.82, 2.24) is 10.3 Å². The van der Waals surface area contributed by atoms with Crippen molar-refractivity contribution >= 4 is 11.3 Å². The highest BCUT2D eigenvalue weighted by Crippen LogP contribution is 2.30. The average Bonchev–Trinajstić information content (AvgIpc) is 2.70. The van der Waals surface area contributed by atoms with Gasteiger partial charge in [-0.25, -0.2) is 4.98 Å². The van der Waals surface area contributed by atoms with Gasteiger partial charge >= 0.3 is 0 Å². The van der Waals surface area contributed by atoms with Crippen molar-refractivity contribution < 1.29 is 4.74 Å². The zero-order chi connectivity index (χ0) is 12.3. The summed E-state index contributed by atoms with van der Waals surface area (Å²) in [5.41, 5.74) is 1.09. The maximum Gasteiger partial charge on any atom is 0.0954 e. The van der Waals surface area contributed by atoms with Crippen LogP contribution in [0.2, 0.25) is 0 Å². The van der Waals surface area contributed by atoms with Crippen molar-refractivity contribution in [2.24, 2.45) is 5.92 Å². The fourth-order valence-corrected chi connectivity index (χ4v) is 2.94. The molecule has 0 spiro atoms. The molecule has 17 heavy (non-hydrogen) atoms. The fourth-order valence-electron chi connectivity index (χ4n) is 2.12. The largest absolute Gasteiger partial charge is 0.372 e. The molecule has 1 aromatic rings. The van der Waals surface area contributed by atoms with Crippen molar-refractivity contribution in [3.63, 3.8) is 0 Å². The molecule has 0 aliphatic heterocycles. The molecule has 0 unspecified atom stereocenters. The molecule has 1 saturated carbocycles. The summed E-state index contributed by atoms with van der Waals surface area (Å²) in [5, 5.41) is 6.55. The molecule has 1 fully saturated rings. The minimum absolute atomic E-state index is 0.456. The fraction of sp³-hybridized carbons (Fsp3) is 0.769. The molecule has 0 radical (unpaired) electrons. The Kier molecular flexibility index (Phi) is 4.54. The molecule has 1 heterocycles. The molecule has 2 rings (SSSR count). The van der Waals surface area contributed by atoms with Gasteiger partial charge in [-0.1, -0.05) is 13.8 Å². The first-order valence-electron chi connectivity index (χ1n) is 6.39. The maximum absolute atomic E-state index is 5.85. The third-order valence-corrected chi connectivity index (χ3v) is 4.41. The highest BCUT2D eigenvalue weighted by atomic mass is 32.1. The zero-order valence-electron chi connectivity index (χ0n) is 10.9. The molecule has 0 atom stereocenters. The zero-order valence-corrected chi connectivity index (χ0v) is 11.7.